The number of carboxylic acids is 1. The van der Waals surface area contributed by atoms with Crippen LogP contribution in [-0.4, -0.2) is 29.1 Å². The number of carboxylic acid groups (broad SMARTS) is 1. The van der Waals surface area contributed by atoms with Crippen LogP contribution in [0.4, 0.5) is 5.82 Å². The number of aromatic nitrogens is 1. The van der Waals surface area contributed by atoms with E-state index >= 15 is 0 Å². The molecule has 1 aromatic rings. The first-order valence-corrected chi connectivity index (χ1v) is 5.34. The van der Waals surface area contributed by atoms with Crippen molar-refractivity contribution in [3.05, 3.63) is 23.4 Å². The standard InChI is InChI=1S/C12H15N3O2/c1-4-10(12(16)17)15(3)11-6-9(7-13)5-8(2)14-11/h5-6,10H,4H2,1-3H3,(H,16,17). The van der Waals surface area contributed by atoms with Crippen molar-refractivity contribution in [2.45, 2.75) is 26.3 Å². The van der Waals surface area contributed by atoms with Gasteiger partial charge in [-0.2, -0.15) is 5.26 Å². The highest BCUT2D eigenvalue weighted by Crippen LogP contribution is 2.17. The van der Waals surface area contributed by atoms with Crippen LogP contribution in [0.5, 0.6) is 0 Å². The SMILES string of the molecule is CCC(C(=O)O)N(C)c1cc(C#N)cc(C)n1. The fraction of sp³-hybridized carbons (Fsp3) is 0.417. The molecule has 0 spiro atoms. The van der Waals surface area contributed by atoms with Gasteiger partial charge in [-0.25, -0.2) is 9.78 Å². The molecule has 5 heteroatoms. The van der Waals surface area contributed by atoms with Crippen LogP contribution in [0.3, 0.4) is 0 Å². The maximum Gasteiger partial charge on any atom is 0.326 e. The van der Waals surface area contributed by atoms with Crippen LogP contribution in [0.2, 0.25) is 0 Å². The number of likely N-dealkylation sites (N-methyl/N-ethyl adjacent to an activating group) is 1. The molecule has 0 aliphatic carbocycles. The summed E-state index contributed by atoms with van der Waals surface area (Å²) in [6.07, 6.45) is 0.476. The first-order valence-electron chi connectivity index (χ1n) is 5.34. The second-order valence-electron chi connectivity index (χ2n) is 3.84. The molecule has 0 aliphatic heterocycles. The molecule has 1 atom stereocenters. The molecule has 1 unspecified atom stereocenters. The Labute approximate surface area is 100 Å². The van der Waals surface area contributed by atoms with Crippen molar-refractivity contribution >= 4 is 11.8 Å². The molecule has 17 heavy (non-hydrogen) atoms. The van der Waals surface area contributed by atoms with Gasteiger partial charge in [-0.1, -0.05) is 6.92 Å². The van der Waals surface area contributed by atoms with Crippen LogP contribution < -0.4 is 4.90 Å². The minimum absolute atomic E-state index is 0.476. The van der Waals surface area contributed by atoms with E-state index in [4.69, 9.17) is 10.4 Å². The highest BCUT2D eigenvalue weighted by molar-refractivity contribution is 5.77. The van der Waals surface area contributed by atoms with Crippen LogP contribution in [0.1, 0.15) is 24.6 Å². The number of nitriles is 1. The molecule has 0 aromatic carbocycles. The molecule has 1 aromatic heterocycles. The highest BCUT2D eigenvalue weighted by Gasteiger charge is 2.21. The van der Waals surface area contributed by atoms with Crippen molar-refractivity contribution in [3.63, 3.8) is 0 Å². The molecule has 5 nitrogen and oxygen atoms in total. The number of pyridine rings is 1. The van der Waals surface area contributed by atoms with Gasteiger partial charge in [0, 0.05) is 12.7 Å². The molecule has 0 amide bonds. The molecule has 0 aliphatic rings. The number of aliphatic carboxylic acids is 1. The van der Waals surface area contributed by atoms with Gasteiger partial charge in [-0.15, -0.1) is 0 Å². The van der Waals surface area contributed by atoms with E-state index < -0.39 is 12.0 Å². The average molecular weight is 233 g/mol. The van der Waals surface area contributed by atoms with Crippen LogP contribution in [0.25, 0.3) is 0 Å². The number of hydrogen-bond acceptors (Lipinski definition) is 4. The normalized spacial score (nSPS) is 11.6. The van der Waals surface area contributed by atoms with Gasteiger partial charge in [0.1, 0.15) is 11.9 Å². The first kappa shape index (κ1) is 13.0. The minimum atomic E-state index is -0.892. The molecule has 0 radical (unpaired) electrons. The third kappa shape index (κ3) is 2.94. The predicted octanol–water partition coefficient (Wildman–Crippen LogP) is 1.56. The molecule has 90 valence electrons. The van der Waals surface area contributed by atoms with E-state index in [-0.39, 0.29) is 0 Å². The van der Waals surface area contributed by atoms with Crippen molar-refractivity contribution in [1.29, 1.82) is 5.26 Å². The van der Waals surface area contributed by atoms with E-state index in [9.17, 15) is 4.79 Å². The van der Waals surface area contributed by atoms with Crippen molar-refractivity contribution in [3.8, 4) is 6.07 Å². The zero-order chi connectivity index (χ0) is 13.0. The minimum Gasteiger partial charge on any atom is -0.480 e. The summed E-state index contributed by atoms with van der Waals surface area (Å²) in [5.41, 5.74) is 1.19. The maximum atomic E-state index is 11.1. The van der Waals surface area contributed by atoms with E-state index in [1.165, 1.54) is 0 Å². The molecule has 0 saturated carbocycles. The van der Waals surface area contributed by atoms with Gasteiger partial charge in [0.25, 0.3) is 0 Å². The third-order valence-corrected chi connectivity index (χ3v) is 2.57. The maximum absolute atomic E-state index is 11.1. The lowest BCUT2D eigenvalue weighted by molar-refractivity contribution is -0.138. The largest absolute Gasteiger partial charge is 0.480 e. The van der Waals surface area contributed by atoms with E-state index in [0.29, 0.717) is 23.5 Å². The number of rotatable bonds is 4. The number of aryl methyl sites for hydroxylation is 1. The lowest BCUT2D eigenvalue weighted by atomic mass is 10.2. The number of carbonyl (C=O) groups is 1. The fourth-order valence-electron chi connectivity index (χ4n) is 1.67. The summed E-state index contributed by atoms with van der Waals surface area (Å²) in [6.45, 7) is 3.58. The highest BCUT2D eigenvalue weighted by atomic mass is 16.4. The Morgan fingerprint density at radius 2 is 2.29 bits per heavy atom. The number of nitrogens with zero attached hydrogens (tertiary/aromatic N) is 3. The number of anilines is 1. The predicted molar refractivity (Wildman–Crippen MR) is 63.8 cm³/mol. The lowest BCUT2D eigenvalue weighted by Gasteiger charge is -2.25. The topological polar surface area (TPSA) is 77.2 Å². The summed E-state index contributed by atoms with van der Waals surface area (Å²) in [6, 6.07) is 4.67. The summed E-state index contributed by atoms with van der Waals surface area (Å²) in [5.74, 6) is -0.382. The Morgan fingerprint density at radius 1 is 1.65 bits per heavy atom. The Hall–Kier alpha value is -2.09. The third-order valence-electron chi connectivity index (χ3n) is 2.57. The molecule has 1 N–H and O–H groups in total. The molecule has 0 fully saturated rings. The summed E-state index contributed by atoms with van der Waals surface area (Å²) >= 11 is 0. The Morgan fingerprint density at radius 3 is 2.76 bits per heavy atom. The molecular weight excluding hydrogens is 218 g/mol. The average Bonchev–Trinajstić information content (AvgIpc) is 2.28. The molecular formula is C12H15N3O2. The van der Waals surface area contributed by atoms with Crippen LogP contribution >= 0.6 is 0 Å². The smallest absolute Gasteiger partial charge is 0.326 e. The van der Waals surface area contributed by atoms with Crippen molar-refractivity contribution in [1.82, 2.24) is 4.98 Å². The lowest BCUT2D eigenvalue weighted by Crippen LogP contribution is -2.38. The van der Waals surface area contributed by atoms with Gasteiger partial charge in [0.2, 0.25) is 0 Å². The van der Waals surface area contributed by atoms with Gasteiger partial charge in [-0.05, 0) is 25.5 Å². The van der Waals surface area contributed by atoms with Gasteiger partial charge in [-0.3, -0.25) is 0 Å². The van der Waals surface area contributed by atoms with E-state index in [0.717, 1.165) is 0 Å². The Balaban J connectivity index is 3.11. The fourth-order valence-corrected chi connectivity index (χ4v) is 1.67. The summed E-state index contributed by atoms with van der Waals surface area (Å²) < 4.78 is 0. The summed E-state index contributed by atoms with van der Waals surface area (Å²) in [4.78, 5) is 16.9. The van der Waals surface area contributed by atoms with Crippen LogP contribution in [0, 0.1) is 18.3 Å². The van der Waals surface area contributed by atoms with Crippen molar-refractivity contribution in [2.75, 3.05) is 11.9 Å². The van der Waals surface area contributed by atoms with E-state index in [1.807, 2.05) is 6.07 Å². The monoisotopic (exact) mass is 233 g/mol. The van der Waals surface area contributed by atoms with Gasteiger partial charge < -0.3 is 10.0 Å². The van der Waals surface area contributed by atoms with E-state index in [1.54, 1.807) is 37.9 Å². The Bertz CT molecular complexity index is 465. The van der Waals surface area contributed by atoms with Crippen molar-refractivity contribution < 1.29 is 9.90 Å². The molecule has 1 heterocycles. The summed E-state index contributed by atoms with van der Waals surface area (Å²) in [7, 11) is 1.67. The molecule has 1 rings (SSSR count). The summed E-state index contributed by atoms with van der Waals surface area (Å²) in [5, 5.41) is 17.9. The van der Waals surface area contributed by atoms with Crippen LogP contribution in [-0.2, 0) is 4.79 Å². The van der Waals surface area contributed by atoms with Crippen LogP contribution in [0.15, 0.2) is 12.1 Å². The quantitative estimate of drug-likeness (QED) is 0.853. The van der Waals surface area contributed by atoms with Crippen molar-refractivity contribution in [2.24, 2.45) is 0 Å². The first-order chi connectivity index (χ1) is 7.99. The van der Waals surface area contributed by atoms with Gasteiger partial charge >= 0.3 is 5.97 Å². The second-order valence-corrected chi connectivity index (χ2v) is 3.84. The zero-order valence-corrected chi connectivity index (χ0v) is 10.1. The zero-order valence-electron chi connectivity index (χ0n) is 10.1. The van der Waals surface area contributed by atoms with Gasteiger partial charge in [0.15, 0.2) is 0 Å². The Kier molecular flexibility index (Phi) is 4.05. The van der Waals surface area contributed by atoms with E-state index in [2.05, 4.69) is 4.98 Å². The molecule has 0 saturated heterocycles. The second kappa shape index (κ2) is 5.30. The van der Waals surface area contributed by atoms with Gasteiger partial charge in [0.05, 0.1) is 11.6 Å². The number of hydrogen-bond donors (Lipinski definition) is 1. The molecule has 0 bridgehead atoms.